The third-order valence-corrected chi connectivity index (χ3v) is 11.3. The Hall–Kier alpha value is -0.560. The maximum atomic E-state index is 5.94. The highest BCUT2D eigenvalue weighted by Gasteiger charge is 2.32. The van der Waals surface area contributed by atoms with Crippen LogP contribution in [0.25, 0.3) is 0 Å². The average molecular weight is 511 g/mol. The molecule has 0 aromatic carbocycles. The Labute approximate surface area is 231 Å². The van der Waals surface area contributed by atoms with Crippen LogP contribution in [-0.4, -0.2) is 13.2 Å². The zero-order valence-electron chi connectivity index (χ0n) is 24.9. The van der Waals surface area contributed by atoms with Gasteiger partial charge in [-0.1, -0.05) is 102 Å². The lowest BCUT2D eigenvalue weighted by atomic mass is 9.68. The van der Waals surface area contributed by atoms with Gasteiger partial charge in [-0.15, -0.1) is 0 Å². The van der Waals surface area contributed by atoms with Crippen molar-refractivity contribution in [3.8, 4) is 0 Å². The van der Waals surface area contributed by atoms with Gasteiger partial charge in [-0.25, -0.2) is 0 Å². The Morgan fingerprint density at radius 3 is 1.35 bits per heavy atom. The highest BCUT2D eigenvalue weighted by molar-refractivity contribution is 4.95. The van der Waals surface area contributed by atoms with Gasteiger partial charge in [-0.05, 0) is 112 Å². The Kier molecular flexibility index (Phi) is 13.1. The molecule has 4 aliphatic rings. The number of allylic oxidation sites excluding steroid dienone is 2. The molecular formula is C36H62O. The van der Waals surface area contributed by atoms with Crippen LogP contribution < -0.4 is 0 Å². The molecule has 0 radical (unpaired) electrons. The lowest BCUT2D eigenvalue weighted by molar-refractivity contribution is 0.143. The summed E-state index contributed by atoms with van der Waals surface area (Å²) in [6.07, 6.45) is 39.1. The van der Waals surface area contributed by atoms with E-state index in [9.17, 15) is 0 Å². The van der Waals surface area contributed by atoms with Crippen molar-refractivity contribution >= 4 is 0 Å². The average Bonchev–Trinajstić information content (AvgIpc) is 2.94. The molecule has 212 valence electrons. The quantitative estimate of drug-likeness (QED) is 0.187. The number of rotatable bonds is 12. The first kappa shape index (κ1) is 29.4. The van der Waals surface area contributed by atoms with Gasteiger partial charge in [-0.2, -0.15) is 0 Å². The minimum Gasteiger partial charge on any atom is -0.373 e. The first-order chi connectivity index (χ1) is 18.2. The molecule has 4 saturated carbocycles. The second kappa shape index (κ2) is 16.5. The van der Waals surface area contributed by atoms with E-state index in [-0.39, 0.29) is 0 Å². The van der Waals surface area contributed by atoms with Crippen LogP contribution in [0.5, 0.6) is 0 Å². The third-order valence-electron chi connectivity index (χ3n) is 11.3. The summed E-state index contributed by atoms with van der Waals surface area (Å²) in [4.78, 5) is 0. The van der Waals surface area contributed by atoms with Crippen LogP contribution in [0.3, 0.4) is 0 Å². The molecule has 1 nitrogen and oxygen atoms in total. The van der Waals surface area contributed by atoms with Gasteiger partial charge in [0, 0.05) is 0 Å². The number of ether oxygens (including phenoxy) is 1. The minimum absolute atomic E-state index is 0.791. The van der Waals surface area contributed by atoms with Crippen molar-refractivity contribution < 1.29 is 4.74 Å². The molecule has 4 aliphatic carbocycles. The van der Waals surface area contributed by atoms with Gasteiger partial charge >= 0.3 is 0 Å². The minimum atomic E-state index is 0.791. The van der Waals surface area contributed by atoms with Crippen LogP contribution in [-0.2, 0) is 4.74 Å². The van der Waals surface area contributed by atoms with E-state index in [1.165, 1.54) is 116 Å². The molecule has 0 aliphatic heterocycles. The molecular weight excluding hydrogens is 448 g/mol. The first-order valence-corrected chi connectivity index (χ1v) is 17.2. The lowest BCUT2D eigenvalue weighted by Crippen LogP contribution is -2.26. The Balaban J connectivity index is 1.03. The molecule has 4 atom stereocenters. The molecule has 0 N–H and O–H groups in total. The fourth-order valence-corrected chi connectivity index (χ4v) is 9.18. The van der Waals surface area contributed by atoms with Crippen molar-refractivity contribution in [2.75, 3.05) is 13.2 Å². The summed E-state index contributed by atoms with van der Waals surface area (Å²) in [5.41, 5.74) is 0. The van der Waals surface area contributed by atoms with Crippen molar-refractivity contribution in [3.63, 3.8) is 0 Å². The molecule has 0 bridgehead atoms. The van der Waals surface area contributed by atoms with Crippen molar-refractivity contribution in [1.82, 2.24) is 0 Å². The SMILES string of the molecule is CCCC1CCCC(C2CCC(C=CCOCC=CC3CCC(C4CCCC(CCC)C4)CC3)CC2)C1. The standard InChI is InChI=1S/C36H62O/c1-3-9-31-11-5-15-35(27-31)33-21-17-29(18-22-33)13-7-25-37-26-8-14-30-19-23-34(24-20-30)36-16-6-12-32(28-36)10-4-2/h7-8,13-14,29-36H,3-6,9-12,15-28H2,1-2H3. The van der Waals surface area contributed by atoms with Gasteiger partial charge in [0.25, 0.3) is 0 Å². The Morgan fingerprint density at radius 1 is 0.514 bits per heavy atom. The van der Waals surface area contributed by atoms with Crippen LogP contribution in [0.2, 0.25) is 0 Å². The van der Waals surface area contributed by atoms with Crippen molar-refractivity contribution in [3.05, 3.63) is 24.3 Å². The van der Waals surface area contributed by atoms with Crippen LogP contribution in [0.4, 0.5) is 0 Å². The van der Waals surface area contributed by atoms with E-state index in [2.05, 4.69) is 38.2 Å². The van der Waals surface area contributed by atoms with E-state index in [1.807, 2.05) is 0 Å². The van der Waals surface area contributed by atoms with E-state index in [0.717, 1.165) is 60.6 Å². The normalized spacial score (nSPS) is 37.9. The van der Waals surface area contributed by atoms with Crippen LogP contribution in [0.15, 0.2) is 24.3 Å². The van der Waals surface area contributed by atoms with Crippen LogP contribution >= 0.6 is 0 Å². The van der Waals surface area contributed by atoms with Gasteiger partial charge in [-0.3, -0.25) is 0 Å². The zero-order chi connectivity index (χ0) is 25.7. The summed E-state index contributed by atoms with van der Waals surface area (Å²) >= 11 is 0. The fourth-order valence-electron chi connectivity index (χ4n) is 9.18. The second-order valence-corrected chi connectivity index (χ2v) is 13.9. The molecule has 0 aromatic heterocycles. The molecule has 37 heavy (non-hydrogen) atoms. The molecule has 4 rings (SSSR count). The summed E-state index contributed by atoms with van der Waals surface area (Å²) in [6.45, 7) is 6.32. The second-order valence-electron chi connectivity index (χ2n) is 13.9. The Bertz CT molecular complexity index is 588. The van der Waals surface area contributed by atoms with Crippen molar-refractivity contribution in [2.24, 2.45) is 47.3 Å². The maximum Gasteiger partial charge on any atom is 0.0651 e. The van der Waals surface area contributed by atoms with Gasteiger partial charge < -0.3 is 4.74 Å². The van der Waals surface area contributed by atoms with Crippen LogP contribution in [0.1, 0.15) is 142 Å². The summed E-state index contributed by atoms with van der Waals surface area (Å²) in [6, 6.07) is 0. The molecule has 1 heteroatoms. The predicted octanol–water partition coefficient (Wildman–Crippen LogP) is 10.9. The number of hydrogen-bond donors (Lipinski definition) is 0. The smallest absolute Gasteiger partial charge is 0.0651 e. The van der Waals surface area contributed by atoms with Gasteiger partial charge in [0.2, 0.25) is 0 Å². The monoisotopic (exact) mass is 510 g/mol. The van der Waals surface area contributed by atoms with Crippen LogP contribution in [0, 0.1) is 47.3 Å². The van der Waals surface area contributed by atoms with Gasteiger partial charge in [0.15, 0.2) is 0 Å². The van der Waals surface area contributed by atoms with Crippen molar-refractivity contribution in [1.29, 1.82) is 0 Å². The van der Waals surface area contributed by atoms with Crippen molar-refractivity contribution in [2.45, 2.75) is 142 Å². The highest BCUT2D eigenvalue weighted by Crippen LogP contribution is 2.44. The van der Waals surface area contributed by atoms with E-state index < -0.39 is 0 Å². The fraction of sp³-hybridized carbons (Fsp3) is 0.889. The summed E-state index contributed by atoms with van der Waals surface area (Å²) in [5.74, 6) is 7.86. The van der Waals surface area contributed by atoms with E-state index >= 15 is 0 Å². The molecule has 0 spiro atoms. The lowest BCUT2D eigenvalue weighted by Gasteiger charge is -2.38. The molecule has 4 fully saturated rings. The maximum absolute atomic E-state index is 5.94. The topological polar surface area (TPSA) is 9.23 Å². The number of hydrogen-bond acceptors (Lipinski definition) is 1. The summed E-state index contributed by atoms with van der Waals surface area (Å²) < 4.78 is 5.94. The van der Waals surface area contributed by atoms with Gasteiger partial charge in [0.1, 0.15) is 0 Å². The zero-order valence-corrected chi connectivity index (χ0v) is 24.9. The highest BCUT2D eigenvalue weighted by atomic mass is 16.5. The van der Waals surface area contributed by atoms with E-state index in [1.54, 1.807) is 12.8 Å². The van der Waals surface area contributed by atoms with Gasteiger partial charge in [0.05, 0.1) is 13.2 Å². The molecule has 4 unspecified atom stereocenters. The summed E-state index contributed by atoms with van der Waals surface area (Å²) in [7, 11) is 0. The molecule has 0 heterocycles. The van der Waals surface area contributed by atoms with E-state index in [0.29, 0.717) is 0 Å². The largest absolute Gasteiger partial charge is 0.373 e. The molecule has 0 saturated heterocycles. The van der Waals surface area contributed by atoms with E-state index in [4.69, 9.17) is 4.74 Å². The predicted molar refractivity (Wildman–Crippen MR) is 161 cm³/mol. The first-order valence-electron chi connectivity index (χ1n) is 17.2. The molecule has 0 amide bonds. The third kappa shape index (κ3) is 9.85. The Morgan fingerprint density at radius 2 is 0.946 bits per heavy atom. The summed E-state index contributed by atoms with van der Waals surface area (Å²) in [5, 5.41) is 0. The molecule has 0 aromatic rings.